The van der Waals surface area contributed by atoms with Crippen molar-refractivity contribution in [3.05, 3.63) is 76.1 Å². The Bertz CT molecular complexity index is 883. The smallest absolute Gasteiger partial charge is 0.199 e. The van der Waals surface area contributed by atoms with Crippen LogP contribution in [-0.4, -0.2) is 11.7 Å². The van der Waals surface area contributed by atoms with Gasteiger partial charge in [-0.3, -0.25) is 4.79 Å². The van der Waals surface area contributed by atoms with Crippen molar-refractivity contribution in [1.29, 1.82) is 0 Å². The van der Waals surface area contributed by atoms with E-state index in [-0.39, 0.29) is 5.43 Å². The van der Waals surface area contributed by atoms with Crippen LogP contribution in [-0.2, 0) is 0 Å². The summed E-state index contributed by atoms with van der Waals surface area (Å²) in [6.45, 7) is 4.15. The van der Waals surface area contributed by atoms with Crippen molar-refractivity contribution >= 4 is 11.0 Å². The molecule has 24 heavy (non-hydrogen) atoms. The summed E-state index contributed by atoms with van der Waals surface area (Å²) in [4.78, 5) is 13.0. The van der Waals surface area contributed by atoms with Gasteiger partial charge in [0.15, 0.2) is 5.43 Å². The number of hydrogen-bond donors (Lipinski definition) is 1. The summed E-state index contributed by atoms with van der Waals surface area (Å²) in [7, 11) is 0. The van der Waals surface area contributed by atoms with Crippen LogP contribution in [0.4, 0.5) is 0 Å². The molecule has 1 N–H and O–H groups in total. The van der Waals surface area contributed by atoms with Crippen LogP contribution in [0.1, 0.15) is 37.0 Å². The lowest BCUT2D eigenvalue weighted by Crippen LogP contribution is -2.17. The Balaban J connectivity index is 2.08. The van der Waals surface area contributed by atoms with Crippen LogP contribution < -0.4 is 10.2 Å². The summed E-state index contributed by atoms with van der Waals surface area (Å²) in [5.41, 5.74) is 1.52. The first-order valence-corrected chi connectivity index (χ1v) is 8.03. The van der Waals surface area contributed by atoms with Gasteiger partial charge in [-0.05, 0) is 24.6 Å². The normalized spacial score (nSPS) is 13.6. The third-order valence-electron chi connectivity index (χ3n) is 4.20. The highest BCUT2D eigenvalue weighted by Gasteiger charge is 2.23. The van der Waals surface area contributed by atoms with Crippen LogP contribution in [0.3, 0.4) is 0 Å². The third-order valence-corrected chi connectivity index (χ3v) is 4.20. The Morgan fingerprint density at radius 2 is 1.88 bits per heavy atom. The largest absolute Gasteiger partial charge is 0.493 e. The maximum absolute atomic E-state index is 13.0. The van der Waals surface area contributed by atoms with Gasteiger partial charge in [0.2, 0.25) is 0 Å². The zero-order valence-electron chi connectivity index (χ0n) is 13.7. The molecule has 2 atom stereocenters. The molecule has 2 unspecified atom stereocenters. The van der Waals surface area contributed by atoms with E-state index in [0.29, 0.717) is 28.9 Å². The highest BCUT2D eigenvalue weighted by atomic mass is 16.5. The van der Waals surface area contributed by atoms with Gasteiger partial charge in [0.05, 0.1) is 19.0 Å². The Labute approximate surface area is 140 Å². The fourth-order valence-corrected chi connectivity index (χ4v) is 2.86. The molecule has 0 aliphatic carbocycles. The fraction of sp³-hybridized carbons (Fsp3) is 0.250. The molecule has 0 aliphatic heterocycles. The molecule has 3 rings (SSSR count). The molecule has 1 aromatic heterocycles. The van der Waals surface area contributed by atoms with E-state index in [2.05, 4.69) is 0 Å². The van der Waals surface area contributed by atoms with Crippen LogP contribution in [0.2, 0.25) is 0 Å². The quantitative estimate of drug-likeness (QED) is 0.770. The van der Waals surface area contributed by atoms with Crippen LogP contribution in [0, 0.1) is 0 Å². The summed E-state index contributed by atoms with van der Waals surface area (Å²) in [5.74, 6) is 0.106. The minimum absolute atomic E-state index is 0.164. The van der Waals surface area contributed by atoms with E-state index in [9.17, 15) is 9.90 Å². The summed E-state index contributed by atoms with van der Waals surface area (Å²) < 4.78 is 11.2. The van der Waals surface area contributed by atoms with Gasteiger partial charge in [-0.2, -0.15) is 0 Å². The molecule has 2 aromatic carbocycles. The average Bonchev–Trinajstić information content (AvgIpc) is 2.62. The first-order chi connectivity index (χ1) is 11.6. The van der Waals surface area contributed by atoms with E-state index < -0.39 is 12.0 Å². The minimum Gasteiger partial charge on any atom is -0.493 e. The standard InChI is InChI=1S/C20H20O4/c1-3-23-16-10-7-11-17-18(16)20(22)15(12-24-17)13(2)19(21)14-8-5-4-6-9-14/h4-13,19,21H,3H2,1-2H3. The number of ether oxygens (including phenoxy) is 1. The molecule has 0 saturated carbocycles. The number of benzene rings is 2. The Kier molecular flexibility index (Phi) is 4.67. The van der Waals surface area contributed by atoms with Crippen LogP contribution >= 0.6 is 0 Å². The second-order valence-electron chi connectivity index (χ2n) is 5.73. The fourth-order valence-electron chi connectivity index (χ4n) is 2.86. The summed E-state index contributed by atoms with van der Waals surface area (Å²) in [6, 6.07) is 14.6. The number of fused-ring (bicyclic) bond motifs is 1. The van der Waals surface area contributed by atoms with E-state index in [1.165, 1.54) is 6.26 Å². The number of rotatable bonds is 5. The Morgan fingerprint density at radius 3 is 2.58 bits per heavy atom. The molecule has 0 spiro atoms. The summed E-state index contributed by atoms with van der Waals surface area (Å²) >= 11 is 0. The van der Waals surface area contributed by atoms with E-state index in [4.69, 9.17) is 9.15 Å². The molecule has 0 radical (unpaired) electrons. The van der Waals surface area contributed by atoms with Crippen molar-refractivity contribution in [3.63, 3.8) is 0 Å². The topological polar surface area (TPSA) is 59.7 Å². The molecule has 124 valence electrons. The summed E-state index contributed by atoms with van der Waals surface area (Å²) in [5, 5.41) is 11.0. The molecular formula is C20H20O4. The van der Waals surface area contributed by atoms with Gasteiger partial charge in [-0.15, -0.1) is 0 Å². The van der Waals surface area contributed by atoms with Crippen molar-refractivity contribution in [2.24, 2.45) is 0 Å². The molecule has 4 heteroatoms. The number of aliphatic hydroxyl groups excluding tert-OH is 1. The van der Waals surface area contributed by atoms with Crippen molar-refractivity contribution in [2.45, 2.75) is 25.9 Å². The Hall–Kier alpha value is -2.59. The molecule has 0 amide bonds. The molecule has 3 aromatic rings. The zero-order chi connectivity index (χ0) is 17.1. The predicted molar refractivity (Wildman–Crippen MR) is 93.5 cm³/mol. The number of hydrogen-bond acceptors (Lipinski definition) is 4. The molecule has 0 aliphatic rings. The average molecular weight is 324 g/mol. The van der Waals surface area contributed by atoms with E-state index in [1.54, 1.807) is 18.2 Å². The van der Waals surface area contributed by atoms with E-state index >= 15 is 0 Å². The lowest BCUT2D eigenvalue weighted by atomic mass is 9.91. The van der Waals surface area contributed by atoms with Gasteiger partial charge >= 0.3 is 0 Å². The van der Waals surface area contributed by atoms with Crippen LogP contribution in [0.25, 0.3) is 11.0 Å². The first kappa shape index (κ1) is 16.3. The molecule has 0 fully saturated rings. The highest BCUT2D eigenvalue weighted by Crippen LogP contribution is 2.31. The van der Waals surface area contributed by atoms with Gasteiger partial charge in [0, 0.05) is 11.5 Å². The zero-order valence-corrected chi connectivity index (χ0v) is 13.7. The van der Waals surface area contributed by atoms with Gasteiger partial charge in [0.25, 0.3) is 0 Å². The molecule has 0 bridgehead atoms. The molecule has 1 heterocycles. The number of aliphatic hydroxyl groups is 1. The van der Waals surface area contributed by atoms with Crippen molar-refractivity contribution < 1.29 is 14.3 Å². The first-order valence-electron chi connectivity index (χ1n) is 8.03. The van der Waals surface area contributed by atoms with Gasteiger partial charge in [0.1, 0.15) is 16.7 Å². The van der Waals surface area contributed by atoms with Crippen LogP contribution in [0.15, 0.2) is 64.0 Å². The SMILES string of the molecule is CCOc1cccc2occ(C(C)C(O)c3ccccc3)c(=O)c12. The van der Waals surface area contributed by atoms with Gasteiger partial charge < -0.3 is 14.3 Å². The second-order valence-corrected chi connectivity index (χ2v) is 5.73. The third kappa shape index (κ3) is 2.93. The molecular weight excluding hydrogens is 304 g/mol. The molecule has 4 nitrogen and oxygen atoms in total. The monoisotopic (exact) mass is 324 g/mol. The van der Waals surface area contributed by atoms with E-state index in [0.717, 1.165) is 5.56 Å². The molecule has 0 saturated heterocycles. The second kappa shape index (κ2) is 6.89. The lowest BCUT2D eigenvalue weighted by molar-refractivity contribution is 0.150. The van der Waals surface area contributed by atoms with Crippen molar-refractivity contribution in [3.8, 4) is 5.75 Å². The predicted octanol–water partition coefficient (Wildman–Crippen LogP) is 4.03. The maximum Gasteiger partial charge on any atom is 0.199 e. The lowest BCUT2D eigenvalue weighted by Gasteiger charge is -2.19. The van der Waals surface area contributed by atoms with Gasteiger partial charge in [-0.25, -0.2) is 0 Å². The Morgan fingerprint density at radius 1 is 1.12 bits per heavy atom. The van der Waals surface area contributed by atoms with Crippen LogP contribution in [0.5, 0.6) is 5.75 Å². The maximum atomic E-state index is 13.0. The highest BCUT2D eigenvalue weighted by molar-refractivity contribution is 5.83. The van der Waals surface area contributed by atoms with Crippen molar-refractivity contribution in [1.82, 2.24) is 0 Å². The minimum atomic E-state index is -0.786. The van der Waals surface area contributed by atoms with Gasteiger partial charge in [-0.1, -0.05) is 43.3 Å². The summed E-state index contributed by atoms with van der Waals surface area (Å²) in [6.07, 6.45) is 0.655. The van der Waals surface area contributed by atoms with E-state index in [1.807, 2.05) is 44.2 Å². The van der Waals surface area contributed by atoms with Crippen molar-refractivity contribution in [2.75, 3.05) is 6.61 Å².